The number of hydrogen-bond acceptors (Lipinski definition) is 5. The first-order valence-electron chi connectivity index (χ1n) is 6.52. The molecule has 0 saturated carbocycles. The fourth-order valence-corrected chi connectivity index (χ4v) is 1.79. The number of nitrogen functional groups attached to an aromatic ring is 1. The molecular formula is C16H17NO4. The zero-order valence-electron chi connectivity index (χ0n) is 12.0. The summed E-state index contributed by atoms with van der Waals surface area (Å²) >= 11 is 0. The minimum absolute atomic E-state index is 0.377. The molecular weight excluding hydrogens is 270 g/mol. The zero-order valence-corrected chi connectivity index (χ0v) is 12.0. The standard InChI is InChI=1S/C16H17NO4/c1-3-20-12-5-4-6-13(10-12)21-15-9-11(16(18)19-2)7-8-14(15)17/h4-10H,3,17H2,1-2H3. The van der Waals surface area contributed by atoms with Gasteiger partial charge in [0.2, 0.25) is 0 Å². The van der Waals surface area contributed by atoms with Crippen LogP contribution in [0.25, 0.3) is 0 Å². The molecule has 0 radical (unpaired) electrons. The Hall–Kier alpha value is -2.69. The van der Waals surface area contributed by atoms with E-state index in [1.807, 2.05) is 19.1 Å². The van der Waals surface area contributed by atoms with Gasteiger partial charge in [-0.15, -0.1) is 0 Å². The first-order valence-corrected chi connectivity index (χ1v) is 6.52. The first kappa shape index (κ1) is 14.7. The predicted molar refractivity (Wildman–Crippen MR) is 79.9 cm³/mol. The second-order valence-electron chi connectivity index (χ2n) is 4.25. The van der Waals surface area contributed by atoms with Gasteiger partial charge < -0.3 is 19.9 Å². The number of carbonyl (C=O) groups is 1. The van der Waals surface area contributed by atoms with E-state index in [0.29, 0.717) is 35.1 Å². The van der Waals surface area contributed by atoms with Crippen LogP contribution in [0.3, 0.4) is 0 Å². The van der Waals surface area contributed by atoms with Crippen molar-refractivity contribution in [2.24, 2.45) is 0 Å². The maximum absolute atomic E-state index is 11.5. The molecule has 2 aromatic rings. The molecule has 5 heteroatoms. The van der Waals surface area contributed by atoms with Crippen LogP contribution in [0, 0.1) is 0 Å². The average molecular weight is 287 g/mol. The van der Waals surface area contributed by atoms with Crippen LogP contribution in [0.1, 0.15) is 17.3 Å². The van der Waals surface area contributed by atoms with Gasteiger partial charge in [0.1, 0.15) is 11.5 Å². The molecule has 0 aliphatic heterocycles. The van der Waals surface area contributed by atoms with Crippen LogP contribution < -0.4 is 15.2 Å². The molecule has 0 heterocycles. The Labute approximate surface area is 123 Å². The molecule has 0 aliphatic rings. The lowest BCUT2D eigenvalue weighted by atomic mass is 10.2. The minimum atomic E-state index is -0.442. The van der Waals surface area contributed by atoms with Crippen molar-refractivity contribution in [1.29, 1.82) is 0 Å². The van der Waals surface area contributed by atoms with Crippen molar-refractivity contribution in [3.8, 4) is 17.2 Å². The monoisotopic (exact) mass is 287 g/mol. The van der Waals surface area contributed by atoms with E-state index in [4.69, 9.17) is 15.2 Å². The van der Waals surface area contributed by atoms with Crippen LogP contribution in [0.2, 0.25) is 0 Å². The molecule has 0 aromatic heterocycles. The van der Waals surface area contributed by atoms with Gasteiger partial charge in [-0.1, -0.05) is 6.07 Å². The lowest BCUT2D eigenvalue weighted by Gasteiger charge is -2.11. The van der Waals surface area contributed by atoms with Crippen LogP contribution in [0.15, 0.2) is 42.5 Å². The van der Waals surface area contributed by atoms with Gasteiger partial charge in [0.15, 0.2) is 5.75 Å². The second kappa shape index (κ2) is 6.65. The molecule has 110 valence electrons. The van der Waals surface area contributed by atoms with Gasteiger partial charge in [0.25, 0.3) is 0 Å². The quantitative estimate of drug-likeness (QED) is 0.675. The topological polar surface area (TPSA) is 70.8 Å². The molecule has 21 heavy (non-hydrogen) atoms. The number of hydrogen-bond donors (Lipinski definition) is 1. The summed E-state index contributed by atoms with van der Waals surface area (Å²) in [5, 5.41) is 0. The van der Waals surface area contributed by atoms with Gasteiger partial charge in [0, 0.05) is 6.07 Å². The van der Waals surface area contributed by atoms with Crippen molar-refractivity contribution < 1.29 is 19.0 Å². The summed E-state index contributed by atoms with van der Waals surface area (Å²) < 4.78 is 15.8. The normalized spacial score (nSPS) is 10.0. The molecule has 2 N–H and O–H groups in total. The van der Waals surface area contributed by atoms with Crippen LogP contribution in [0.5, 0.6) is 17.2 Å². The number of methoxy groups -OCH3 is 1. The van der Waals surface area contributed by atoms with E-state index in [1.54, 1.807) is 30.3 Å². The number of carbonyl (C=O) groups excluding carboxylic acids is 1. The molecule has 2 rings (SSSR count). The van der Waals surface area contributed by atoms with E-state index in [0.717, 1.165) is 0 Å². The third kappa shape index (κ3) is 3.66. The van der Waals surface area contributed by atoms with Gasteiger partial charge in [-0.2, -0.15) is 0 Å². The van der Waals surface area contributed by atoms with Crippen molar-refractivity contribution in [1.82, 2.24) is 0 Å². The lowest BCUT2D eigenvalue weighted by Crippen LogP contribution is -2.02. The second-order valence-corrected chi connectivity index (χ2v) is 4.25. The Morgan fingerprint density at radius 2 is 1.90 bits per heavy atom. The van der Waals surface area contributed by atoms with Gasteiger partial charge in [0.05, 0.1) is 25.0 Å². The Morgan fingerprint density at radius 1 is 1.14 bits per heavy atom. The molecule has 0 aliphatic carbocycles. The molecule has 0 unspecified atom stereocenters. The number of nitrogens with two attached hydrogens (primary N) is 1. The summed E-state index contributed by atoms with van der Waals surface area (Å²) in [6.07, 6.45) is 0. The van der Waals surface area contributed by atoms with Crippen LogP contribution in [-0.2, 0) is 4.74 Å². The van der Waals surface area contributed by atoms with Crippen molar-refractivity contribution in [3.63, 3.8) is 0 Å². The summed E-state index contributed by atoms with van der Waals surface area (Å²) in [5.41, 5.74) is 6.68. The molecule has 0 atom stereocenters. The SMILES string of the molecule is CCOc1cccc(Oc2cc(C(=O)OC)ccc2N)c1. The number of anilines is 1. The van der Waals surface area contributed by atoms with E-state index in [1.165, 1.54) is 7.11 Å². The minimum Gasteiger partial charge on any atom is -0.494 e. The maximum atomic E-state index is 11.5. The Bertz CT molecular complexity index is 640. The van der Waals surface area contributed by atoms with E-state index in [9.17, 15) is 4.79 Å². The number of ether oxygens (including phenoxy) is 3. The first-order chi connectivity index (χ1) is 10.1. The summed E-state index contributed by atoms with van der Waals surface area (Å²) in [6, 6.07) is 11.9. The average Bonchev–Trinajstić information content (AvgIpc) is 2.49. The van der Waals surface area contributed by atoms with Gasteiger partial charge in [-0.25, -0.2) is 4.79 Å². The fraction of sp³-hybridized carbons (Fsp3) is 0.188. The Morgan fingerprint density at radius 3 is 2.62 bits per heavy atom. The van der Waals surface area contributed by atoms with Crippen LogP contribution >= 0.6 is 0 Å². The van der Waals surface area contributed by atoms with Crippen LogP contribution in [-0.4, -0.2) is 19.7 Å². The summed E-state index contributed by atoms with van der Waals surface area (Å²) in [7, 11) is 1.32. The fourth-order valence-electron chi connectivity index (χ4n) is 1.79. The highest BCUT2D eigenvalue weighted by molar-refractivity contribution is 5.90. The number of rotatable bonds is 5. The summed E-state index contributed by atoms with van der Waals surface area (Å²) in [4.78, 5) is 11.5. The summed E-state index contributed by atoms with van der Waals surface area (Å²) in [5.74, 6) is 1.24. The lowest BCUT2D eigenvalue weighted by molar-refractivity contribution is 0.0600. The predicted octanol–water partition coefficient (Wildman–Crippen LogP) is 3.25. The molecule has 0 saturated heterocycles. The smallest absolute Gasteiger partial charge is 0.337 e. The third-order valence-electron chi connectivity index (χ3n) is 2.78. The van der Waals surface area contributed by atoms with E-state index < -0.39 is 5.97 Å². The van der Waals surface area contributed by atoms with E-state index in [2.05, 4.69) is 4.74 Å². The molecule has 0 amide bonds. The highest BCUT2D eigenvalue weighted by atomic mass is 16.5. The third-order valence-corrected chi connectivity index (χ3v) is 2.78. The van der Waals surface area contributed by atoms with Gasteiger partial charge in [-0.05, 0) is 37.3 Å². The number of esters is 1. The van der Waals surface area contributed by atoms with E-state index >= 15 is 0 Å². The molecule has 0 fully saturated rings. The van der Waals surface area contributed by atoms with Crippen molar-refractivity contribution in [3.05, 3.63) is 48.0 Å². The van der Waals surface area contributed by atoms with Gasteiger partial charge in [-0.3, -0.25) is 0 Å². The molecule has 5 nitrogen and oxygen atoms in total. The zero-order chi connectivity index (χ0) is 15.2. The molecule has 0 bridgehead atoms. The van der Waals surface area contributed by atoms with Crippen molar-refractivity contribution in [2.45, 2.75) is 6.92 Å². The van der Waals surface area contributed by atoms with Crippen molar-refractivity contribution >= 4 is 11.7 Å². The summed E-state index contributed by atoms with van der Waals surface area (Å²) in [6.45, 7) is 2.48. The Balaban J connectivity index is 2.26. The Kier molecular flexibility index (Phi) is 4.66. The van der Waals surface area contributed by atoms with Crippen molar-refractivity contribution in [2.75, 3.05) is 19.5 Å². The molecule has 2 aromatic carbocycles. The van der Waals surface area contributed by atoms with Gasteiger partial charge >= 0.3 is 5.97 Å². The maximum Gasteiger partial charge on any atom is 0.337 e. The highest BCUT2D eigenvalue weighted by Gasteiger charge is 2.10. The molecule has 0 spiro atoms. The number of benzene rings is 2. The van der Waals surface area contributed by atoms with E-state index in [-0.39, 0.29) is 0 Å². The highest BCUT2D eigenvalue weighted by Crippen LogP contribution is 2.30. The largest absolute Gasteiger partial charge is 0.494 e. The van der Waals surface area contributed by atoms with Crippen LogP contribution in [0.4, 0.5) is 5.69 Å².